The number of pyridine rings is 1. The molecule has 3 atom stereocenters. The number of aromatic nitrogens is 4. The Morgan fingerprint density at radius 1 is 1.18 bits per heavy atom. The number of hydrogen-bond donors (Lipinski definition) is 1. The van der Waals surface area contributed by atoms with Crippen LogP contribution in [0.3, 0.4) is 0 Å². The topological polar surface area (TPSA) is 84.0 Å². The van der Waals surface area contributed by atoms with Gasteiger partial charge >= 0.3 is 0 Å². The summed E-state index contributed by atoms with van der Waals surface area (Å²) in [5, 5.41) is 1.33. The maximum Gasteiger partial charge on any atom is 0.222 e. The fourth-order valence-electron chi connectivity index (χ4n) is 5.64. The van der Waals surface area contributed by atoms with Gasteiger partial charge in [0.1, 0.15) is 5.65 Å². The van der Waals surface area contributed by atoms with Gasteiger partial charge in [-0.1, -0.05) is 18.0 Å². The van der Waals surface area contributed by atoms with Crippen LogP contribution in [0.15, 0.2) is 24.7 Å². The van der Waals surface area contributed by atoms with Crippen LogP contribution < -0.4 is 0 Å². The summed E-state index contributed by atoms with van der Waals surface area (Å²) in [6, 6.07) is 2.09. The summed E-state index contributed by atoms with van der Waals surface area (Å²) >= 11 is 6.09. The molecule has 2 saturated heterocycles. The Balaban J connectivity index is 0.000000444. The van der Waals surface area contributed by atoms with Gasteiger partial charge in [0.15, 0.2) is 11.6 Å². The number of nitrogens with one attached hydrogen (secondary N) is 1. The van der Waals surface area contributed by atoms with Gasteiger partial charge in [-0.25, -0.2) is 19.3 Å². The molecule has 3 aromatic rings. The summed E-state index contributed by atoms with van der Waals surface area (Å²) in [5.41, 5.74) is 1.88. The van der Waals surface area contributed by atoms with E-state index in [-0.39, 0.29) is 45.6 Å². The van der Waals surface area contributed by atoms with Crippen LogP contribution in [0, 0.1) is 19.2 Å². The van der Waals surface area contributed by atoms with Crippen molar-refractivity contribution in [3.63, 3.8) is 0 Å². The molecule has 1 aliphatic carbocycles. The van der Waals surface area contributed by atoms with Gasteiger partial charge in [0, 0.05) is 69.4 Å². The summed E-state index contributed by atoms with van der Waals surface area (Å²) in [7, 11) is 0. The van der Waals surface area contributed by atoms with Crippen molar-refractivity contribution in [1.82, 2.24) is 24.8 Å². The van der Waals surface area contributed by atoms with E-state index in [1.807, 2.05) is 4.90 Å². The van der Waals surface area contributed by atoms with Crippen LogP contribution in [0.4, 0.5) is 4.39 Å². The van der Waals surface area contributed by atoms with Crippen molar-refractivity contribution in [1.29, 1.82) is 0 Å². The van der Waals surface area contributed by atoms with E-state index in [1.165, 1.54) is 19.0 Å². The standard InChI is InChI=1S/C22H23ClFN5O.C5H10O.CH3.Pd/c23-14-9-16-17(11-26-21(16)25-10-14)22-27-12-18(24)19(28-22)8-13-3-1-4-15(7-13)29-6-2-5-20(29)30;1-5-3-2-4-6-5;;/h9-13,15H,1-8H2,(H,25,26);5H,2-4H2,1H3;1H3;/q;;-1;/t13-,15+;;;/m0.../s1. The number of hydrogen-bond acceptors (Lipinski definition) is 5. The average molecular weight is 636 g/mol. The van der Waals surface area contributed by atoms with Crippen molar-refractivity contribution in [2.45, 2.75) is 76.9 Å². The fraction of sp³-hybridized carbons (Fsp3) is 0.536. The van der Waals surface area contributed by atoms with Crippen molar-refractivity contribution >= 4 is 28.5 Å². The number of nitrogens with zero attached hydrogens (tertiary/aromatic N) is 4. The van der Waals surface area contributed by atoms with Gasteiger partial charge in [-0.2, -0.15) is 0 Å². The molecule has 3 aromatic heterocycles. The number of H-pyrrole nitrogens is 1. The van der Waals surface area contributed by atoms with E-state index < -0.39 is 0 Å². The van der Waals surface area contributed by atoms with E-state index in [2.05, 4.69) is 26.9 Å². The summed E-state index contributed by atoms with van der Waals surface area (Å²) in [6.07, 6.45) is 13.9. The fourth-order valence-corrected chi connectivity index (χ4v) is 5.79. The van der Waals surface area contributed by atoms with Gasteiger partial charge in [-0.05, 0) is 63.9 Å². The van der Waals surface area contributed by atoms with Crippen LogP contribution >= 0.6 is 11.6 Å². The third-order valence-corrected chi connectivity index (χ3v) is 7.71. The average Bonchev–Trinajstić information content (AvgIpc) is 3.62. The second kappa shape index (κ2) is 13.9. The Hall–Kier alpha value is -1.92. The number of likely N-dealkylation sites (tertiary alicyclic amines) is 1. The number of aromatic amines is 1. The van der Waals surface area contributed by atoms with Crippen LogP contribution in [0.1, 0.15) is 64.0 Å². The van der Waals surface area contributed by atoms with Crippen molar-refractivity contribution in [2.24, 2.45) is 5.92 Å². The molecular weight excluding hydrogens is 599 g/mol. The van der Waals surface area contributed by atoms with Crippen molar-refractivity contribution in [3.05, 3.63) is 48.6 Å². The SMILES string of the molecule is CC1CCCO1.O=C1CCCN1[C@@H]1CCC[C@H](Cc2nc(-c3c[nH]c4ncc(Cl)cc34)ncc2F)C1.[CH3-].[Pd]. The molecule has 3 aliphatic rings. The first-order valence-corrected chi connectivity index (χ1v) is 13.4. The van der Waals surface area contributed by atoms with Crippen LogP contribution in [0.2, 0.25) is 5.02 Å². The summed E-state index contributed by atoms with van der Waals surface area (Å²) in [6.45, 7) is 3.97. The zero-order valence-corrected chi connectivity index (χ0v) is 24.3. The summed E-state index contributed by atoms with van der Waals surface area (Å²) in [4.78, 5) is 30.3. The molecule has 10 heteroatoms. The molecule has 1 saturated carbocycles. The summed E-state index contributed by atoms with van der Waals surface area (Å²) in [5.74, 6) is 0.661. The van der Waals surface area contributed by atoms with Crippen LogP contribution in [-0.2, 0) is 36.4 Å². The predicted octanol–water partition coefficient (Wildman–Crippen LogP) is 6.17. The molecule has 6 rings (SSSR count). The van der Waals surface area contributed by atoms with E-state index in [1.54, 1.807) is 18.5 Å². The van der Waals surface area contributed by atoms with E-state index >= 15 is 0 Å². The number of carbonyl (C=O) groups is 1. The molecule has 1 N–H and O–H groups in total. The second-order valence-electron chi connectivity index (χ2n) is 10.1. The second-order valence-corrected chi connectivity index (χ2v) is 10.6. The molecule has 0 radical (unpaired) electrons. The quantitative estimate of drug-likeness (QED) is 0.274. The van der Waals surface area contributed by atoms with Crippen LogP contribution in [-0.4, -0.2) is 56.0 Å². The number of ether oxygens (including phenoxy) is 1. The van der Waals surface area contributed by atoms with Crippen LogP contribution in [0.25, 0.3) is 22.4 Å². The molecule has 0 aromatic carbocycles. The van der Waals surface area contributed by atoms with Gasteiger partial charge in [-0.15, -0.1) is 0 Å². The number of fused-ring (bicyclic) bond motifs is 1. The molecule has 210 valence electrons. The Bertz CT molecular complexity index is 1220. The molecule has 1 amide bonds. The molecule has 7 nitrogen and oxygen atoms in total. The van der Waals surface area contributed by atoms with Gasteiger partial charge in [0.2, 0.25) is 5.91 Å². The van der Waals surface area contributed by atoms with E-state index in [0.29, 0.717) is 47.1 Å². The Kier molecular flexibility index (Phi) is 11.2. The zero-order valence-electron chi connectivity index (χ0n) is 22.0. The predicted molar refractivity (Wildman–Crippen MR) is 144 cm³/mol. The van der Waals surface area contributed by atoms with E-state index in [9.17, 15) is 9.18 Å². The van der Waals surface area contributed by atoms with Gasteiger partial charge in [0.05, 0.1) is 23.0 Å². The first-order valence-electron chi connectivity index (χ1n) is 13.0. The normalized spacial score (nSPS) is 23.0. The van der Waals surface area contributed by atoms with Crippen LogP contribution in [0.5, 0.6) is 0 Å². The maximum atomic E-state index is 14.6. The minimum absolute atomic E-state index is 0. The molecule has 5 heterocycles. The Morgan fingerprint density at radius 2 is 2.03 bits per heavy atom. The maximum absolute atomic E-state index is 14.6. The van der Waals surface area contributed by atoms with Crippen molar-refractivity contribution in [3.8, 4) is 11.4 Å². The first kappa shape index (κ1) is 30.6. The molecule has 0 spiro atoms. The van der Waals surface area contributed by atoms with E-state index in [4.69, 9.17) is 16.3 Å². The third kappa shape index (κ3) is 7.18. The minimum atomic E-state index is -0.380. The molecular formula is C28H36ClFN5O2Pd-. The number of carbonyl (C=O) groups excluding carboxylic acids is 1. The number of amides is 1. The first-order chi connectivity index (χ1) is 17.5. The summed E-state index contributed by atoms with van der Waals surface area (Å²) < 4.78 is 19.7. The zero-order chi connectivity index (χ0) is 25.1. The third-order valence-electron chi connectivity index (χ3n) is 7.50. The molecule has 38 heavy (non-hydrogen) atoms. The van der Waals surface area contributed by atoms with Gasteiger partial charge in [0.25, 0.3) is 0 Å². The molecule has 2 aliphatic heterocycles. The Morgan fingerprint density at radius 3 is 2.71 bits per heavy atom. The van der Waals surface area contributed by atoms with Gasteiger partial charge < -0.3 is 22.0 Å². The monoisotopic (exact) mass is 634 g/mol. The minimum Gasteiger partial charge on any atom is -0.379 e. The van der Waals surface area contributed by atoms with Crippen molar-refractivity contribution < 1.29 is 34.3 Å². The number of rotatable bonds is 4. The van der Waals surface area contributed by atoms with E-state index in [0.717, 1.165) is 56.2 Å². The molecule has 3 fully saturated rings. The largest absolute Gasteiger partial charge is 0.379 e. The smallest absolute Gasteiger partial charge is 0.222 e. The molecule has 0 bridgehead atoms. The Labute approximate surface area is 243 Å². The van der Waals surface area contributed by atoms with Gasteiger partial charge in [-0.3, -0.25) is 4.79 Å². The number of halogens is 2. The van der Waals surface area contributed by atoms with Crippen molar-refractivity contribution in [2.75, 3.05) is 13.2 Å². The molecule has 1 unspecified atom stereocenters.